The minimum atomic E-state index is 0.715. The summed E-state index contributed by atoms with van der Waals surface area (Å²) in [6.45, 7) is 2.86. The average Bonchev–Trinajstić information content (AvgIpc) is 2.46. The molecular weight excluding hydrogens is 172 g/mol. The van der Waals surface area contributed by atoms with Crippen molar-refractivity contribution in [3.63, 3.8) is 0 Å². The lowest BCUT2D eigenvalue weighted by molar-refractivity contribution is 0.927. The zero-order chi connectivity index (χ0) is 10.1. The second kappa shape index (κ2) is 3.46. The maximum Gasteiger partial charge on any atom is 0.0510 e. The first-order chi connectivity index (χ1) is 6.74. The van der Waals surface area contributed by atoms with E-state index >= 15 is 0 Å². The minimum absolute atomic E-state index is 0.715. The molecule has 2 heteroatoms. The van der Waals surface area contributed by atoms with E-state index in [-0.39, 0.29) is 0 Å². The maximum atomic E-state index is 5.59. The third-order valence-corrected chi connectivity index (χ3v) is 2.70. The van der Waals surface area contributed by atoms with E-state index in [1.807, 2.05) is 0 Å². The van der Waals surface area contributed by atoms with Gasteiger partial charge in [-0.1, -0.05) is 18.2 Å². The van der Waals surface area contributed by atoms with Gasteiger partial charge in [-0.05, 0) is 31.0 Å². The number of hydrogen-bond acceptors (Lipinski definition) is 1. The van der Waals surface area contributed by atoms with Crippen LogP contribution in [0.1, 0.15) is 11.1 Å². The van der Waals surface area contributed by atoms with Gasteiger partial charge in [0.2, 0.25) is 0 Å². The van der Waals surface area contributed by atoms with Crippen LogP contribution in [0, 0.1) is 6.92 Å². The molecule has 0 fully saturated rings. The van der Waals surface area contributed by atoms with E-state index < -0.39 is 0 Å². The highest BCUT2D eigenvalue weighted by atomic mass is 14.9. The van der Waals surface area contributed by atoms with E-state index in [4.69, 9.17) is 5.73 Å². The second-order valence-electron chi connectivity index (χ2n) is 3.77. The van der Waals surface area contributed by atoms with Gasteiger partial charge in [0.15, 0.2) is 0 Å². The first kappa shape index (κ1) is 9.28. The van der Waals surface area contributed by atoms with Crippen molar-refractivity contribution in [1.29, 1.82) is 0 Å². The van der Waals surface area contributed by atoms with Crippen LogP contribution in [-0.4, -0.2) is 11.1 Å². The van der Waals surface area contributed by atoms with Crippen molar-refractivity contribution < 1.29 is 0 Å². The van der Waals surface area contributed by atoms with Gasteiger partial charge in [0.05, 0.1) is 5.52 Å². The van der Waals surface area contributed by atoms with Gasteiger partial charge >= 0.3 is 0 Å². The summed E-state index contributed by atoms with van der Waals surface area (Å²) in [4.78, 5) is 0. The van der Waals surface area contributed by atoms with Crippen LogP contribution in [0.2, 0.25) is 0 Å². The highest BCUT2D eigenvalue weighted by Gasteiger charge is 2.06. The number of fused-ring (bicyclic) bond motifs is 1. The van der Waals surface area contributed by atoms with Crippen molar-refractivity contribution in [3.8, 4) is 0 Å². The normalized spacial score (nSPS) is 11.1. The number of aromatic nitrogens is 1. The predicted octanol–water partition coefficient (Wildman–Crippen LogP) is 1.99. The number of aryl methyl sites for hydroxylation is 2. The quantitative estimate of drug-likeness (QED) is 0.767. The summed E-state index contributed by atoms with van der Waals surface area (Å²) in [6.07, 6.45) is 3.14. The lowest BCUT2D eigenvalue weighted by Gasteiger charge is -2.00. The number of nitrogens with zero attached hydrogens (tertiary/aromatic N) is 1. The van der Waals surface area contributed by atoms with Crippen molar-refractivity contribution in [3.05, 3.63) is 35.5 Å². The van der Waals surface area contributed by atoms with Gasteiger partial charge in [-0.15, -0.1) is 0 Å². The Morgan fingerprint density at radius 3 is 2.86 bits per heavy atom. The van der Waals surface area contributed by atoms with Gasteiger partial charge in [0.25, 0.3) is 0 Å². The van der Waals surface area contributed by atoms with Crippen LogP contribution in [0.3, 0.4) is 0 Å². The summed E-state index contributed by atoms with van der Waals surface area (Å²) in [5.41, 5.74) is 9.60. The number of para-hydroxylation sites is 1. The lowest BCUT2D eigenvalue weighted by atomic mass is 10.1. The average molecular weight is 188 g/mol. The minimum Gasteiger partial charge on any atom is -0.350 e. The molecule has 0 saturated carbocycles. The monoisotopic (exact) mass is 188 g/mol. The summed E-state index contributed by atoms with van der Waals surface area (Å²) in [6, 6.07) is 6.43. The summed E-state index contributed by atoms with van der Waals surface area (Å²) in [5, 5.41) is 1.35. The molecule has 2 aromatic rings. The van der Waals surface area contributed by atoms with E-state index in [2.05, 4.69) is 42.9 Å². The molecule has 0 saturated heterocycles. The largest absolute Gasteiger partial charge is 0.350 e. The highest BCUT2D eigenvalue weighted by Crippen LogP contribution is 2.23. The molecule has 2 N–H and O–H groups in total. The van der Waals surface area contributed by atoms with Crippen LogP contribution >= 0.6 is 0 Å². The Morgan fingerprint density at radius 2 is 2.14 bits per heavy atom. The molecule has 0 aliphatic carbocycles. The molecular formula is C12H16N2. The van der Waals surface area contributed by atoms with E-state index in [0.29, 0.717) is 6.54 Å². The molecule has 1 aromatic carbocycles. The van der Waals surface area contributed by atoms with E-state index in [9.17, 15) is 0 Å². The zero-order valence-corrected chi connectivity index (χ0v) is 8.75. The van der Waals surface area contributed by atoms with Crippen molar-refractivity contribution in [2.75, 3.05) is 6.54 Å². The molecule has 0 spiro atoms. The molecule has 0 aliphatic rings. The molecule has 1 aromatic heterocycles. The smallest absolute Gasteiger partial charge is 0.0510 e. The van der Waals surface area contributed by atoms with Gasteiger partial charge in [0.1, 0.15) is 0 Å². The number of nitrogens with two attached hydrogens (primary N) is 1. The van der Waals surface area contributed by atoms with E-state index in [1.54, 1.807) is 0 Å². The molecule has 1 heterocycles. The van der Waals surface area contributed by atoms with Crippen molar-refractivity contribution in [2.24, 2.45) is 12.8 Å². The van der Waals surface area contributed by atoms with Crippen LogP contribution in [-0.2, 0) is 13.5 Å². The third kappa shape index (κ3) is 1.32. The predicted molar refractivity (Wildman–Crippen MR) is 60.4 cm³/mol. The molecule has 0 unspecified atom stereocenters. The highest BCUT2D eigenvalue weighted by molar-refractivity contribution is 5.86. The van der Waals surface area contributed by atoms with Crippen LogP contribution in [0.4, 0.5) is 0 Å². The number of benzene rings is 1. The fraction of sp³-hybridized carbons (Fsp3) is 0.333. The Balaban J connectivity index is 2.71. The van der Waals surface area contributed by atoms with Crippen LogP contribution in [0.15, 0.2) is 24.4 Å². The summed E-state index contributed by atoms with van der Waals surface area (Å²) < 4.78 is 2.19. The summed E-state index contributed by atoms with van der Waals surface area (Å²) in [5.74, 6) is 0. The molecule has 0 atom stereocenters. The van der Waals surface area contributed by atoms with Crippen LogP contribution in [0.5, 0.6) is 0 Å². The molecule has 14 heavy (non-hydrogen) atoms. The van der Waals surface area contributed by atoms with Crippen molar-refractivity contribution in [1.82, 2.24) is 4.57 Å². The molecule has 0 bridgehead atoms. The first-order valence-electron chi connectivity index (χ1n) is 4.97. The van der Waals surface area contributed by atoms with Crippen LogP contribution in [0.25, 0.3) is 10.9 Å². The van der Waals surface area contributed by atoms with Crippen molar-refractivity contribution in [2.45, 2.75) is 13.3 Å². The molecule has 0 aliphatic heterocycles. The fourth-order valence-electron chi connectivity index (χ4n) is 2.11. The lowest BCUT2D eigenvalue weighted by Crippen LogP contribution is -2.01. The SMILES string of the molecule is Cc1cccc2c(CCN)cn(C)c12. The Kier molecular flexibility index (Phi) is 2.30. The fourth-order valence-corrected chi connectivity index (χ4v) is 2.11. The van der Waals surface area contributed by atoms with E-state index in [1.165, 1.54) is 22.0 Å². The molecule has 74 valence electrons. The molecule has 0 radical (unpaired) electrons. The van der Waals surface area contributed by atoms with Crippen molar-refractivity contribution >= 4 is 10.9 Å². The molecule has 0 amide bonds. The van der Waals surface area contributed by atoms with Crippen LogP contribution < -0.4 is 5.73 Å². The Hall–Kier alpha value is -1.28. The van der Waals surface area contributed by atoms with E-state index in [0.717, 1.165) is 6.42 Å². The van der Waals surface area contributed by atoms with Gasteiger partial charge < -0.3 is 10.3 Å². The van der Waals surface area contributed by atoms with Gasteiger partial charge in [-0.2, -0.15) is 0 Å². The third-order valence-electron chi connectivity index (χ3n) is 2.70. The maximum absolute atomic E-state index is 5.59. The van der Waals surface area contributed by atoms with Gasteiger partial charge in [0, 0.05) is 18.6 Å². The summed E-state index contributed by atoms with van der Waals surface area (Å²) in [7, 11) is 2.09. The van der Waals surface area contributed by atoms with Gasteiger partial charge in [-0.25, -0.2) is 0 Å². The molecule has 2 nitrogen and oxygen atoms in total. The topological polar surface area (TPSA) is 30.9 Å². The Bertz CT molecular complexity index is 455. The Labute approximate surface area is 84.3 Å². The first-order valence-corrected chi connectivity index (χ1v) is 4.97. The standard InChI is InChI=1S/C12H16N2/c1-9-4-3-5-11-10(6-7-13)8-14(2)12(9)11/h3-5,8H,6-7,13H2,1-2H3. The molecule has 2 rings (SSSR count). The Morgan fingerprint density at radius 1 is 1.36 bits per heavy atom. The number of rotatable bonds is 2. The number of hydrogen-bond donors (Lipinski definition) is 1. The zero-order valence-electron chi connectivity index (χ0n) is 8.75. The second-order valence-corrected chi connectivity index (χ2v) is 3.77. The summed E-state index contributed by atoms with van der Waals surface area (Å²) >= 11 is 0. The van der Waals surface area contributed by atoms with Gasteiger partial charge in [-0.3, -0.25) is 0 Å².